The number of para-hydroxylation sites is 2. The van der Waals surface area contributed by atoms with Crippen LogP contribution in [0.5, 0.6) is 5.75 Å². The molecule has 2 aromatic heterocycles. The summed E-state index contributed by atoms with van der Waals surface area (Å²) >= 11 is 0. The Labute approximate surface area is 205 Å². The number of anilines is 1. The summed E-state index contributed by atoms with van der Waals surface area (Å²) in [5.41, 5.74) is 3.32. The number of benzene rings is 3. The Hall–Kier alpha value is -4.01. The quantitative estimate of drug-likeness (QED) is 0.295. The number of nitrogens with zero attached hydrogens (tertiary/aromatic N) is 5. The standard InChI is InChI=1S/C27H24F3N5O/c1-33-24-16-20(9-10-21(24)25(32-33)17-5-4-6-18(28)15-17)36-19-11-13-34(14-12-19)27-31-22-7-2-3-8-23(22)35(27)26(29)30/h2-10,15-16,19,26H,11-14H2,1H3. The predicted molar refractivity (Wildman–Crippen MR) is 133 cm³/mol. The molecule has 9 heteroatoms. The van der Waals surface area contributed by atoms with Crippen LogP contribution in [0.25, 0.3) is 33.2 Å². The van der Waals surface area contributed by atoms with Gasteiger partial charge in [0.05, 0.1) is 16.6 Å². The molecule has 36 heavy (non-hydrogen) atoms. The highest BCUT2D eigenvalue weighted by Gasteiger charge is 2.27. The van der Waals surface area contributed by atoms with Crippen LogP contribution in [0.3, 0.4) is 0 Å². The van der Waals surface area contributed by atoms with E-state index in [2.05, 4.69) is 10.1 Å². The monoisotopic (exact) mass is 491 g/mol. The maximum absolute atomic E-state index is 13.8. The van der Waals surface area contributed by atoms with Gasteiger partial charge >= 0.3 is 6.55 Å². The summed E-state index contributed by atoms with van der Waals surface area (Å²) in [5, 5.41) is 5.50. The molecule has 1 aliphatic heterocycles. The summed E-state index contributed by atoms with van der Waals surface area (Å²) in [6, 6.07) is 19.1. The molecule has 1 saturated heterocycles. The summed E-state index contributed by atoms with van der Waals surface area (Å²) in [5.74, 6) is 0.710. The number of halogens is 3. The summed E-state index contributed by atoms with van der Waals surface area (Å²) in [4.78, 5) is 6.38. The van der Waals surface area contributed by atoms with Gasteiger partial charge in [0, 0.05) is 50.0 Å². The van der Waals surface area contributed by atoms with Crippen LogP contribution < -0.4 is 9.64 Å². The van der Waals surface area contributed by atoms with Crippen molar-refractivity contribution in [3.63, 3.8) is 0 Å². The number of aryl methyl sites for hydroxylation is 1. The molecule has 5 aromatic rings. The van der Waals surface area contributed by atoms with Gasteiger partial charge in [-0.1, -0.05) is 24.3 Å². The Morgan fingerprint density at radius 3 is 2.53 bits per heavy atom. The molecule has 3 aromatic carbocycles. The molecule has 0 unspecified atom stereocenters. The van der Waals surface area contributed by atoms with E-state index in [1.807, 2.05) is 36.2 Å². The Morgan fingerprint density at radius 2 is 1.75 bits per heavy atom. The van der Waals surface area contributed by atoms with Crippen LogP contribution in [0.15, 0.2) is 66.7 Å². The van der Waals surface area contributed by atoms with Crippen molar-refractivity contribution < 1.29 is 17.9 Å². The number of hydrogen-bond donors (Lipinski definition) is 0. The van der Waals surface area contributed by atoms with Crippen molar-refractivity contribution in [2.24, 2.45) is 7.05 Å². The number of aromatic nitrogens is 4. The Bertz CT molecular complexity index is 1550. The third kappa shape index (κ3) is 3.94. The second-order valence-electron chi connectivity index (χ2n) is 9.01. The van der Waals surface area contributed by atoms with E-state index in [0.29, 0.717) is 48.6 Å². The first kappa shape index (κ1) is 22.5. The first-order valence-electron chi connectivity index (χ1n) is 11.9. The van der Waals surface area contributed by atoms with Gasteiger partial charge in [-0.15, -0.1) is 0 Å². The second-order valence-corrected chi connectivity index (χ2v) is 9.01. The molecule has 0 radical (unpaired) electrons. The summed E-state index contributed by atoms with van der Waals surface area (Å²) in [6.45, 7) is -1.53. The second kappa shape index (κ2) is 8.89. The minimum Gasteiger partial charge on any atom is -0.490 e. The lowest BCUT2D eigenvalue weighted by Gasteiger charge is -2.33. The van der Waals surface area contributed by atoms with Crippen LogP contribution in [0, 0.1) is 5.82 Å². The summed E-state index contributed by atoms with van der Waals surface area (Å²) in [7, 11) is 1.85. The topological polar surface area (TPSA) is 48.1 Å². The van der Waals surface area contributed by atoms with Crippen molar-refractivity contribution in [1.29, 1.82) is 0 Å². The van der Waals surface area contributed by atoms with Gasteiger partial charge < -0.3 is 9.64 Å². The van der Waals surface area contributed by atoms with E-state index in [9.17, 15) is 13.2 Å². The number of rotatable bonds is 5. The van der Waals surface area contributed by atoms with Gasteiger partial charge in [-0.2, -0.15) is 13.9 Å². The Kier molecular flexibility index (Phi) is 5.55. The molecule has 0 spiro atoms. The Balaban J connectivity index is 1.19. The lowest BCUT2D eigenvalue weighted by molar-refractivity contribution is 0.0752. The van der Waals surface area contributed by atoms with Crippen molar-refractivity contribution >= 4 is 27.9 Å². The first-order chi connectivity index (χ1) is 17.5. The van der Waals surface area contributed by atoms with Crippen LogP contribution >= 0.6 is 0 Å². The maximum atomic E-state index is 13.8. The molecule has 1 fully saturated rings. The van der Waals surface area contributed by atoms with Crippen LogP contribution in [0.4, 0.5) is 19.1 Å². The van der Waals surface area contributed by atoms with E-state index in [1.165, 1.54) is 12.1 Å². The largest absolute Gasteiger partial charge is 0.490 e. The van der Waals surface area contributed by atoms with Gasteiger partial charge in [-0.05, 0) is 36.4 Å². The van der Waals surface area contributed by atoms with Crippen molar-refractivity contribution in [1.82, 2.24) is 19.3 Å². The average Bonchev–Trinajstić information content (AvgIpc) is 3.43. The summed E-state index contributed by atoms with van der Waals surface area (Å²) < 4.78 is 50.5. The number of hydrogen-bond acceptors (Lipinski definition) is 4. The van der Waals surface area contributed by atoms with E-state index in [-0.39, 0.29) is 11.9 Å². The lowest BCUT2D eigenvalue weighted by Crippen LogP contribution is -2.39. The molecule has 6 nitrogen and oxygen atoms in total. The predicted octanol–water partition coefficient (Wildman–Crippen LogP) is 6.17. The third-order valence-corrected chi connectivity index (χ3v) is 6.72. The zero-order valence-corrected chi connectivity index (χ0v) is 19.6. The van der Waals surface area contributed by atoms with Gasteiger partial charge in [0.2, 0.25) is 5.95 Å². The fourth-order valence-corrected chi connectivity index (χ4v) is 4.97. The fraction of sp³-hybridized carbons (Fsp3) is 0.259. The van der Waals surface area contributed by atoms with E-state index >= 15 is 0 Å². The van der Waals surface area contributed by atoms with Gasteiger partial charge in [-0.3, -0.25) is 9.25 Å². The number of ether oxygens (including phenoxy) is 1. The molecule has 0 atom stereocenters. The van der Waals surface area contributed by atoms with Crippen molar-refractivity contribution in [3.05, 3.63) is 72.5 Å². The van der Waals surface area contributed by atoms with Crippen molar-refractivity contribution in [2.45, 2.75) is 25.5 Å². The first-order valence-corrected chi connectivity index (χ1v) is 11.9. The van der Waals surface area contributed by atoms with Crippen LogP contribution in [-0.4, -0.2) is 38.5 Å². The molecular formula is C27H24F3N5O. The normalized spacial score (nSPS) is 14.9. The molecule has 0 saturated carbocycles. The zero-order chi connectivity index (χ0) is 24.8. The third-order valence-electron chi connectivity index (χ3n) is 6.72. The highest BCUT2D eigenvalue weighted by molar-refractivity contribution is 5.94. The van der Waals surface area contributed by atoms with Crippen molar-refractivity contribution in [3.8, 4) is 17.0 Å². The van der Waals surface area contributed by atoms with Gasteiger partial charge in [0.1, 0.15) is 23.4 Å². The molecule has 0 amide bonds. The maximum Gasteiger partial charge on any atom is 0.321 e. The van der Waals surface area contributed by atoms with Gasteiger partial charge in [-0.25, -0.2) is 9.37 Å². The highest BCUT2D eigenvalue weighted by atomic mass is 19.3. The number of fused-ring (bicyclic) bond motifs is 2. The van der Waals surface area contributed by atoms with Crippen LogP contribution in [-0.2, 0) is 7.05 Å². The number of piperidine rings is 1. The highest BCUT2D eigenvalue weighted by Crippen LogP contribution is 2.33. The zero-order valence-electron chi connectivity index (χ0n) is 19.6. The molecule has 0 N–H and O–H groups in total. The molecule has 0 aliphatic carbocycles. The van der Waals surface area contributed by atoms with E-state index < -0.39 is 6.55 Å². The van der Waals surface area contributed by atoms with E-state index in [4.69, 9.17) is 4.74 Å². The smallest absolute Gasteiger partial charge is 0.321 e. The summed E-state index contributed by atoms with van der Waals surface area (Å²) in [6.07, 6.45) is 1.33. The molecule has 3 heterocycles. The lowest BCUT2D eigenvalue weighted by atomic mass is 10.1. The molecular weight excluding hydrogens is 467 g/mol. The molecule has 1 aliphatic rings. The molecule has 184 valence electrons. The van der Waals surface area contributed by atoms with Gasteiger partial charge in [0.25, 0.3) is 0 Å². The van der Waals surface area contributed by atoms with Crippen molar-refractivity contribution in [2.75, 3.05) is 18.0 Å². The Morgan fingerprint density at radius 1 is 0.944 bits per heavy atom. The molecule has 0 bridgehead atoms. The van der Waals surface area contributed by atoms with Crippen LogP contribution in [0.2, 0.25) is 0 Å². The number of imidazole rings is 1. The average molecular weight is 492 g/mol. The van der Waals surface area contributed by atoms with E-state index in [0.717, 1.165) is 26.8 Å². The SMILES string of the molecule is Cn1nc(-c2cccc(F)c2)c2ccc(OC3CCN(c4nc5ccccc5n4C(F)F)CC3)cc21. The minimum atomic E-state index is -2.66. The minimum absolute atomic E-state index is 0.0426. The van der Waals surface area contributed by atoms with Gasteiger partial charge in [0.15, 0.2) is 0 Å². The van der Waals surface area contributed by atoms with Crippen LogP contribution in [0.1, 0.15) is 19.4 Å². The van der Waals surface area contributed by atoms with E-state index in [1.54, 1.807) is 35.0 Å². The molecule has 6 rings (SSSR count). The number of alkyl halides is 2. The fourth-order valence-electron chi connectivity index (χ4n) is 4.97.